The SMILES string of the molecule is O=C(Nc1nc(C(=O)O)c(-c2cscn2)s1)OCc1ccccc1. The van der Waals surface area contributed by atoms with Crippen molar-refractivity contribution >= 4 is 39.9 Å². The predicted octanol–water partition coefficient (Wildman–Crippen LogP) is 3.71. The van der Waals surface area contributed by atoms with Gasteiger partial charge in [0.1, 0.15) is 6.61 Å². The van der Waals surface area contributed by atoms with E-state index < -0.39 is 12.1 Å². The molecule has 3 aromatic rings. The summed E-state index contributed by atoms with van der Waals surface area (Å²) < 4.78 is 5.09. The Balaban J connectivity index is 1.70. The van der Waals surface area contributed by atoms with Crippen LogP contribution in [-0.4, -0.2) is 27.1 Å². The number of amides is 1. The summed E-state index contributed by atoms with van der Waals surface area (Å²) in [5, 5.41) is 13.6. The number of aromatic carboxylic acids is 1. The smallest absolute Gasteiger partial charge is 0.413 e. The molecule has 7 nitrogen and oxygen atoms in total. The van der Waals surface area contributed by atoms with E-state index in [1.54, 1.807) is 10.9 Å². The number of nitrogens with zero attached hydrogens (tertiary/aromatic N) is 2. The van der Waals surface area contributed by atoms with Crippen molar-refractivity contribution in [3.8, 4) is 10.6 Å². The number of anilines is 1. The number of hydrogen-bond acceptors (Lipinski definition) is 7. The summed E-state index contributed by atoms with van der Waals surface area (Å²) in [5.74, 6) is -1.18. The second-order valence-corrected chi connectivity index (χ2v) is 6.28. The fourth-order valence-corrected chi connectivity index (χ4v) is 3.39. The molecule has 3 rings (SSSR count). The summed E-state index contributed by atoms with van der Waals surface area (Å²) in [5.41, 5.74) is 2.81. The Labute approximate surface area is 144 Å². The number of carbonyl (C=O) groups is 2. The van der Waals surface area contributed by atoms with E-state index in [0.29, 0.717) is 10.6 Å². The van der Waals surface area contributed by atoms with Gasteiger partial charge >= 0.3 is 12.1 Å². The molecular formula is C15H11N3O4S2. The van der Waals surface area contributed by atoms with Gasteiger partial charge in [-0.05, 0) is 5.56 Å². The third kappa shape index (κ3) is 3.76. The molecule has 0 bridgehead atoms. The molecule has 0 aliphatic carbocycles. The number of thiazole rings is 2. The van der Waals surface area contributed by atoms with Crippen LogP contribution in [0.15, 0.2) is 41.2 Å². The van der Waals surface area contributed by atoms with Crippen molar-refractivity contribution in [3.05, 3.63) is 52.5 Å². The Kier molecular flexibility index (Phi) is 4.82. The van der Waals surface area contributed by atoms with Crippen LogP contribution in [0, 0.1) is 0 Å². The van der Waals surface area contributed by atoms with Crippen molar-refractivity contribution in [1.29, 1.82) is 0 Å². The molecule has 0 aliphatic heterocycles. The Bertz CT molecular complexity index is 847. The van der Waals surface area contributed by atoms with E-state index in [1.807, 2.05) is 30.3 Å². The number of aromatic nitrogens is 2. The van der Waals surface area contributed by atoms with Gasteiger partial charge in [0.15, 0.2) is 10.8 Å². The van der Waals surface area contributed by atoms with Crippen molar-refractivity contribution in [1.82, 2.24) is 9.97 Å². The van der Waals surface area contributed by atoms with Crippen LogP contribution in [0.25, 0.3) is 10.6 Å². The van der Waals surface area contributed by atoms with Gasteiger partial charge in [0.2, 0.25) is 0 Å². The van der Waals surface area contributed by atoms with E-state index in [1.165, 1.54) is 11.3 Å². The molecule has 2 N–H and O–H groups in total. The molecule has 0 fully saturated rings. The van der Waals surface area contributed by atoms with Gasteiger partial charge in [0, 0.05) is 5.38 Å². The zero-order chi connectivity index (χ0) is 16.9. The fourth-order valence-electron chi connectivity index (χ4n) is 1.86. The zero-order valence-electron chi connectivity index (χ0n) is 12.1. The van der Waals surface area contributed by atoms with Gasteiger partial charge in [-0.1, -0.05) is 41.7 Å². The normalized spacial score (nSPS) is 10.3. The minimum absolute atomic E-state index is 0.114. The van der Waals surface area contributed by atoms with Crippen molar-refractivity contribution < 1.29 is 19.4 Å². The summed E-state index contributed by atoms with van der Waals surface area (Å²) >= 11 is 2.38. The van der Waals surface area contributed by atoms with Crippen LogP contribution < -0.4 is 5.32 Å². The summed E-state index contributed by atoms with van der Waals surface area (Å²) in [4.78, 5) is 31.5. The van der Waals surface area contributed by atoms with Crippen molar-refractivity contribution in [2.75, 3.05) is 5.32 Å². The van der Waals surface area contributed by atoms with Gasteiger partial charge in [-0.2, -0.15) is 0 Å². The Hall–Kier alpha value is -2.78. The van der Waals surface area contributed by atoms with Crippen molar-refractivity contribution in [3.63, 3.8) is 0 Å². The molecule has 0 atom stereocenters. The van der Waals surface area contributed by atoms with E-state index in [2.05, 4.69) is 15.3 Å². The lowest BCUT2D eigenvalue weighted by molar-refractivity contribution is 0.0692. The highest BCUT2D eigenvalue weighted by molar-refractivity contribution is 7.19. The Morgan fingerprint density at radius 1 is 1.25 bits per heavy atom. The van der Waals surface area contributed by atoms with E-state index in [-0.39, 0.29) is 17.4 Å². The molecule has 122 valence electrons. The predicted molar refractivity (Wildman–Crippen MR) is 90.4 cm³/mol. The van der Waals surface area contributed by atoms with Crippen LogP contribution >= 0.6 is 22.7 Å². The molecule has 24 heavy (non-hydrogen) atoms. The first kappa shape index (κ1) is 16.1. The Morgan fingerprint density at radius 2 is 2.04 bits per heavy atom. The second kappa shape index (κ2) is 7.20. The maximum absolute atomic E-state index is 11.8. The number of hydrogen-bond donors (Lipinski definition) is 2. The first-order valence-corrected chi connectivity index (χ1v) is 8.50. The average molecular weight is 361 g/mol. The van der Waals surface area contributed by atoms with Gasteiger partial charge in [-0.15, -0.1) is 11.3 Å². The van der Waals surface area contributed by atoms with Crippen LogP contribution in [0.4, 0.5) is 9.93 Å². The molecule has 2 heterocycles. The third-order valence-electron chi connectivity index (χ3n) is 2.92. The highest BCUT2D eigenvalue weighted by atomic mass is 32.1. The number of rotatable bonds is 5. The highest BCUT2D eigenvalue weighted by Crippen LogP contribution is 2.33. The molecule has 0 aliphatic rings. The molecule has 0 spiro atoms. The number of nitrogens with one attached hydrogen (secondary N) is 1. The molecule has 2 aromatic heterocycles. The topological polar surface area (TPSA) is 101 Å². The Morgan fingerprint density at radius 3 is 2.71 bits per heavy atom. The number of carboxylic acids is 1. The lowest BCUT2D eigenvalue weighted by atomic mass is 10.2. The molecule has 1 aromatic carbocycles. The van der Waals surface area contributed by atoms with Gasteiger partial charge in [-0.25, -0.2) is 19.6 Å². The summed E-state index contributed by atoms with van der Waals surface area (Å²) in [6.45, 7) is 0.114. The average Bonchev–Trinajstić information content (AvgIpc) is 3.23. The van der Waals surface area contributed by atoms with Crippen LogP contribution in [0.1, 0.15) is 16.1 Å². The molecule has 0 unspecified atom stereocenters. The van der Waals surface area contributed by atoms with Crippen LogP contribution in [0.3, 0.4) is 0 Å². The standard InChI is InChI=1S/C15H11N3O4S2/c19-13(20)11-12(10-7-23-8-16-10)24-14(17-11)18-15(21)22-6-9-4-2-1-3-5-9/h1-5,7-8H,6H2,(H,19,20)(H,17,18,21). The summed E-state index contributed by atoms with van der Waals surface area (Å²) in [6.07, 6.45) is -0.700. The highest BCUT2D eigenvalue weighted by Gasteiger charge is 2.21. The zero-order valence-corrected chi connectivity index (χ0v) is 13.8. The first-order valence-electron chi connectivity index (χ1n) is 6.74. The second-order valence-electron chi connectivity index (χ2n) is 4.56. The van der Waals surface area contributed by atoms with Gasteiger partial charge in [0.25, 0.3) is 0 Å². The largest absolute Gasteiger partial charge is 0.476 e. The summed E-state index contributed by atoms with van der Waals surface area (Å²) in [6, 6.07) is 9.22. The molecule has 1 amide bonds. The van der Waals surface area contributed by atoms with Gasteiger partial charge < -0.3 is 9.84 Å². The minimum Gasteiger partial charge on any atom is -0.476 e. The fraction of sp³-hybridized carbons (Fsp3) is 0.0667. The van der Waals surface area contributed by atoms with E-state index in [4.69, 9.17) is 4.74 Å². The quantitative estimate of drug-likeness (QED) is 0.718. The number of benzene rings is 1. The minimum atomic E-state index is -1.18. The number of carboxylic acid groups (broad SMARTS) is 1. The van der Waals surface area contributed by atoms with E-state index >= 15 is 0 Å². The van der Waals surface area contributed by atoms with Crippen LogP contribution in [0.2, 0.25) is 0 Å². The van der Waals surface area contributed by atoms with E-state index in [0.717, 1.165) is 16.9 Å². The third-order valence-corrected chi connectivity index (χ3v) is 4.50. The van der Waals surface area contributed by atoms with Crippen LogP contribution in [0.5, 0.6) is 0 Å². The van der Waals surface area contributed by atoms with Crippen molar-refractivity contribution in [2.24, 2.45) is 0 Å². The number of carbonyl (C=O) groups excluding carboxylic acids is 1. The van der Waals surface area contributed by atoms with E-state index in [9.17, 15) is 14.7 Å². The lowest BCUT2D eigenvalue weighted by Gasteiger charge is -2.04. The number of ether oxygens (including phenoxy) is 1. The lowest BCUT2D eigenvalue weighted by Crippen LogP contribution is -2.13. The molecule has 9 heteroatoms. The van der Waals surface area contributed by atoms with Crippen molar-refractivity contribution in [2.45, 2.75) is 6.61 Å². The summed E-state index contributed by atoms with van der Waals surface area (Å²) in [7, 11) is 0. The maximum atomic E-state index is 11.8. The molecule has 0 saturated carbocycles. The first-order chi connectivity index (χ1) is 11.6. The molecule has 0 radical (unpaired) electrons. The van der Waals surface area contributed by atoms with Gasteiger partial charge in [0.05, 0.1) is 16.1 Å². The van der Waals surface area contributed by atoms with Gasteiger partial charge in [-0.3, -0.25) is 5.32 Å². The monoisotopic (exact) mass is 361 g/mol. The maximum Gasteiger partial charge on any atom is 0.413 e. The molecule has 0 saturated heterocycles. The molecular weight excluding hydrogens is 350 g/mol. The van der Waals surface area contributed by atoms with Crippen LogP contribution in [-0.2, 0) is 11.3 Å².